The summed E-state index contributed by atoms with van der Waals surface area (Å²) >= 11 is 0. The fraction of sp³-hybridized carbons (Fsp3) is 0.467. The van der Waals surface area contributed by atoms with Crippen molar-refractivity contribution in [3.05, 3.63) is 30.4 Å². The Morgan fingerprint density at radius 1 is 1.18 bits per heavy atom. The number of piperazine rings is 1. The zero-order valence-electron chi connectivity index (χ0n) is 12.9. The van der Waals surface area contributed by atoms with Gasteiger partial charge in [-0.1, -0.05) is 6.92 Å². The second-order valence-corrected chi connectivity index (χ2v) is 5.30. The summed E-state index contributed by atoms with van der Waals surface area (Å²) in [5, 5.41) is 4.22. The Balaban J connectivity index is 1.77. The average Bonchev–Trinajstić information content (AvgIpc) is 3.08. The fourth-order valence-electron chi connectivity index (χ4n) is 2.63. The lowest BCUT2D eigenvalue weighted by molar-refractivity contribution is -0.131. The van der Waals surface area contributed by atoms with Crippen LogP contribution in [0.1, 0.15) is 19.2 Å². The number of hydrogen-bond acceptors (Lipinski definition) is 5. The topological polar surface area (TPSA) is 67.2 Å². The van der Waals surface area contributed by atoms with Crippen molar-refractivity contribution in [2.75, 3.05) is 31.1 Å². The third-order valence-corrected chi connectivity index (χ3v) is 3.81. The maximum absolute atomic E-state index is 11.7. The molecule has 0 radical (unpaired) electrons. The molecule has 1 aliphatic heterocycles. The molecule has 1 saturated heterocycles. The van der Waals surface area contributed by atoms with Crippen LogP contribution in [0.4, 0.5) is 5.82 Å². The van der Waals surface area contributed by atoms with E-state index in [9.17, 15) is 4.79 Å². The number of carbonyl (C=O) groups excluding carboxylic acids is 1. The number of nitrogens with zero attached hydrogens (tertiary/aromatic N) is 6. The Morgan fingerprint density at radius 3 is 2.55 bits per heavy atom. The van der Waals surface area contributed by atoms with Gasteiger partial charge in [0.05, 0.1) is 0 Å². The van der Waals surface area contributed by atoms with E-state index in [1.807, 2.05) is 37.1 Å². The van der Waals surface area contributed by atoms with Gasteiger partial charge in [0.2, 0.25) is 5.91 Å². The highest BCUT2D eigenvalue weighted by molar-refractivity contribution is 5.76. The first-order chi connectivity index (χ1) is 10.7. The van der Waals surface area contributed by atoms with Crippen molar-refractivity contribution in [2.45, 2.75) is 20.3 Å². The highest BCUT2D eigenvalue weighted by Gasteiger charge is 2.21. The van der Waals surface area contributed by atoms with E-state index in [1.165, 1.54) is 0 Å². The van der Waals surface area contributed by atoms with Crippen LogP contribution in [0.2, 0.25) is 0 Å². The molecule has 1 amide bonds. The van der Waals surface area contributed by atoms with Gasteiger partial charge in [0.25, 0.3) is 0 Å². The van der Waals surface area contributed by atoms with Gasteiger partial charge in [-0.05, 0) is 13.0 Å². The quantitative estimate of drug-likeness (QED) is 0.847. The Hall–Kier alpha value is -2.44. The first-order valence-electron chi connectivity index (χ1n) is 7.56. The molecule has 7 heteroatoms. The molecular formula is C15H20N6O. The van der Waals surface area contributed by atoms with E-state index in [-0.39, 0.29) is 5.91 Å². The summed E-state index contributed by atoms with van der Waals surface area (Å²) in [5.41, 5.74) is 0. The second kappa shape index (κ2) is 6.13. The smallest absolute Gasteiger partial charge is 0.222 e. The Labute approximate surface area is 129 Å². The van der Waals surface area contributed by atoms with Crippen molar-refractivity contribution >= 4 is 11.7 Å². The molecule has 0 saturated carbocycles. The van der Waals surface area contributed by atoms with Crippen molar-refractivity contribution in [1.82, 2.24) is 24.6 Å². The summed E-state index contributed by atoms with van der Waals surface area (Å²) in [6, 6.07) is 3.81. The van der Waals surface area contributed by atoms with Crippen molar-refractivity contribution in [3.63, 3.8) is 0 Å². The monoisotopic (exact) mass is 300 g/mol. The summed E-state index contributed by atoms with van der Waals surface area (Å²) in [7, 11) is 0. The molecule has 0 spiro atoms. The van der Waals surface area contributed by atoms with E-state index in [2.05, 4.69) is 20.0 Å². The second-order valence-electron chi connectivity index (χ2n) is 5.30. The molecule has 22 heavy (non-hydrogen) atoms. The number of anilines is 1. The third kappa shape index (κ3) is 2.93. The molecule has 0 N–H and O–H groups in total. The van der Waals surface area contributed by atoms with E-state index in [0.717, 1.165) is 43.6 Å². The molecule has 0 atom stereocenters. The molecule has 0 aliphatic carbocycles. The Kier molecular flexibility index (Phi) is 4.04. The van der Waals surface area contributed by atoms with Crippen LogP contribution in [0.3, 0.4) is 0 Å². The number of aryl methyl sites for hydroxylation is 1. The summed E-state index contributed by atoms with van der Waals surface area (Å²) in [4.78, 5) is 24.8. The molecule has 116 valence electrons. The maximum Gasteiger partial charge on any atom is 0.222 e. The molecule has 0 unspecified atom stereocenters. The summed E-state index contributed by atoms with van der Waals surface area (Å²) in [6.45, 7) is 6.85. The SMILES string of the molecule is CCC(=O)N1CCN(c2cc(-n3cccn3)nc(C)n2)CC1. The van der Waals surface area contributed by atoms with Crippen molar-refractivity contribution < 1.29 is 4.79 Å². The summed E-state index contributed by atoms with van der Waals surface area (Å²) in [6.07, 6.45) is 4.16. The van der Waals surface area contributed by atoms with Crippen LogP contribution in [0.25, 0.3) is 5.82 Å². The van der Waals surface area contributed by atoms with Crippen LogP contribution < -0.4 is 4.90 Å². The van der Waals surface area contributed by atoms with Crippen molar-refractivity contribution in [1.29, 1.82) is 0 Å². The molecule has 2 aromatic rings. The molecule has 0 aromatic carbocycles. The van der Waals surface area contributed by atoms with Crippen LogP contribution in [-0.4, -0.2) is 56.7 Å². The van der Waals surface area contributed by atoms with Gasteiger partial charge >= 0.3 is 0 Å². The lowest BCUT2D eigenvalue weighted by Crippen LogP contribution is -2.49. The largest absolute Gasteiger partial charge is 0.353 e. The molecule has 1 fully saturated rings. The Bertz CT molecular complexity index is 646. The lowest BCUT2D eigenvalue weighted by atomic mass is 10.3. The average molecular weight is 300 g/mol. The molecule has 0 bridgehead atoms. The van der Waals surface area contributed by atoms with E-state index in [4.69, 9.17) is 0 Å². The van der Waals surface area contributed by atoms with Gasteiger partial charge in [0.15, 0.2) is 5.82 Å². The molecule has 7 nitrogen and oxygen atoms in total. The van der Waals surface area contributed by atoms with Gasteiger partial charge in [-0.25, -0.2) is 14.6 Å². The predicted octanol–water partition coefficient (Wildman–Crippen LogP) is 1.03. The summed E-state index contributed by atoms with van der Waals surface area (Å²) < 4.78 is 1.73. The standard InChI is InChI=1S/C15H20N6O/c1-3-15(22)20-9-7-19(8-10-20)13-11-14(18-12(2)17-13)21-6-4-5-16-21/h4-6,11H,3,7-10H2,1-2H3. The highest BCUT2D eigenvalue weighted by Crippen LogP contribution is 2.17. The van der Waals surface area contributed by atoms with Crippen LogP contribution in [0.15, 0.2) is 24.5 Å². The number of rotatable bonds is 3. The van der Waals surface area contributed by atoms with E-state index in [0.29, 0.717) is 6.42 Å². The van der Waals surface area contributed by atoms with Gasteiger partial charge in [0, 0.05) is 51.1 Å². The molecule has 3 rings (SSSR count). The highest BCUT2D eigenvalue weighted by atomic mass is 16.2. The van der Waals surface area contributed by atoms with Crippen molar-refractivity contribution in [3.8, 4) is 5.82 Å². The zero-order valence-corrected chi connectivity index (χ0v) is 12.9. The van der Waals surface area contributed by atoms with Gasteiger partial charge in [-0.3, -0.25) is 4.79 Å². The Morgan fingerprint density at radius 2 is 1.91 bits per heavy atom. The molecule has 2 aromatic heterocycles. The van der Waals surface area contributed by atoms with E-state index in [1.54, 1.807) is 10.9 Å². The predicted molar refractivity (Wildman–Crippen MR) is 83.0 cm³/mol. The molecule has 1 aliphatic rings. The van der Waals surface area contributed by atoms with E-state index < -0.39 is 0 Å². The normalized spacial score (nSPS) is 15.2. The van der Waals surface area contributed by atoms with Crippen molar-refractivity contribution in [2.24, 2.45) is 0 Å². The minimum atomic E-state index is 0.218. The number of aromatic nitrogens is 4. The number of hydrogen-bond donors (Lipinski definition) is 0. The fourth-order valence-corrected chi connectivity index (χ4v) is 2.63. The minimum Gasteiger partial charge on any atom is -0.353 e. The molecule has 3 heterocycles. The molecular weight excluding hydrogens is 280 g/mol. The third-order valence-electron chi connectivity index (χ3n) is 3.81. The summed E-state index contributed by atoms with van der Waals surface area (Å²) in [5.74, 6) is 2.59. The van der Waals surface area contributed by atoms with Crippen LogP contribution in [-0.2, 0) is 4.79 Å². The van der Waals surface area contributed by atoms with Crippen LogP contribution in [0, 0.1) is 6.92 Å². The van der Waals surface area contributed by atoms with Gasteiger partial charge < -0.3 is 9.80 Å². The first-order valence-corrected chi connectivity index (χ1v) is 7.56. The first kappa shape index (κ1) is 14.5. The van der Waals surface area contributed by atoms with Crippen LogP contribution >= 0.6 is 0 Å². The lowest BCUT2D eigenvalue weighted by Gasteiger charge is -2.35. The van der Waals surface area contributed by atoms with Gasteiger partial charge in [-0.2, -0.15) is 5.10 Å². The maximum atomic E-state index is 11.7. The number of amides is 1. The number of carbonyl (C=O) groups is 1. The van der Waals surface area contributed by atoms with Crippen LogP contribution in [0.5, 0.6) is 0 Å². The van der Waals surface area contributed by atoms with Gasteiger partial charge in [0.1, 0.15) is 11.6 Å². The van der Waals surface area contributed by atoms with Gasteiger partial charge in [-0.15, -0.1) is 0 Å². The minimum absolute atomic E-state index is 0.218. The van der Waals surface area contributed by atoms with E-state index >= 15 is 0 Å². The zero-order chi connectivity index (χ0) is 15.5.